The van der Waals surface area contributed by atoms with Crippen molar-refractivity contribution in [3.05, 3.63) is 46.5 Å². The quantitative estimate of drug-likeness (QED) is 0.479. The van der Waals surface area contributed by atoms with Crippen molar-refractivity contribution in [2.45, 2.75) is 58.8 Å². The molecule has 0 heterocycles. The van der Waals surface area contributed by atoms with Gasteiger partial charge in [-0.2, -0.15) is 0 Å². The van der Waals surface area contributed by atoms with Gasteiger partial charge in [-0.05, 0) is 35.1 Å². The number of aromatic hydroxyl groups is 2. The predicted molar refractivity (Wildman–Crippen MR) is 105 cm³/mol. The van der Waals surface area contributed by atoms with E-state index in [9.17, 15) is 10.2 Å². The van der Waals surface area contributed by atoms with E-state index in [0.717, 1.165) is 11.1 Å². The fourth-order valence-electron chi connectivity index (χ4n) is 3.06. The Hall–Kier alpha value is -2.36. The third-order valence-corrected chi connectivity index (χ3v) is 4.42. The van der Waals surface area contributed by atoms with E-state index in [-0.39, 0.29) is 22.3 Å². The minimum absolute atomic E-state index is 0.223. The summed E-state index contributed by atoms with van der Waals surface area (Å²) in [5, 5.41) is 21.5. The molecule has 2 aromatic rings. The average molecular weight is 342 g/mol. The van der Waals surface area contributed by atoms with Crippen molar-refractivity contribution in [2.24, 2.45) is 0 Å². The van der Waals surface area contributed by atoms with Gasteiger partial charge < -0.3 is 21.7 Å². The molecule has 0 amide bonds. The zero-order chi connectivity index (χ0) is 19.2. The number of phenols is 2. The van der Waals surface area contributed by atoms with Gasteiger partial charge in [0, 0.05) is 40.0 Å². The van der Waals surface area contributed by atoms with Gasteiger partial charge in [-0.15, -0.1) is 0 Å². The second-order valence-electron chi connectivity index (χ2n) is 8.83. The number of hydrogen-bond donors (Lipinski definition) is 4. The van der Waals surface area contributed by atoms with Gasteiger partial charge in [-0.25, -0.2) is 0 Å². The van der Waals surface area contributed by atoms with E-state index in [2.05, 4.69) is 0 Å². The van der Waals surface area contributed by atoms with Gasteiger partial charge >= 0.3 is 0 Å². The molecule has 25 heavy (non-hydrogen) atoms. The molecular weight excluding hydrogens is 312 g/mol. The molecule has 0 saturated carbocycles. The second kappa shape index (κ2) is 6.17. The van der Waals surface area contributed by atoms with Crippen molar-refractivity contribution in [2.75, 3.05) is 11.5 Å². The predicted octanol–water partition coefficient (Wildman–Crippen LogP) is 4.45. The fraction of sp³-hybridized carbons (Fsp3) is 0.429. The van der Waals surface area contributed by atoms with E-state index >= 15 is 0 Å². The number of phenolic OH excluding ortho intramolecular Hbond substituents is 2. The Morgan fingerprint density at radius 3 is 1.28 bits per heavy atom. The monoisotopic (exact) mass is 342 g/mol. The number of hydrogen-bond acceptors (Lipinski definition) is 4. The third kappa shape index (κ3) is 4.01. The molecule has 0 fully saturated rings. The maximum atomic E-state index is 10.7. The van der Waals surface area contributed by atoms with Crippen LogP contribution in [0.4, 0.5) is 11.4 Å². The van der Waals surface area contributed by atoms with Crippen LogP contribution in [0.25, 0.3) is 0 Å². The molecule has 0 aliphatic carbocycles. The van der Waals surface area contributed by atoms with Crippen molar-refractivity contribution in [3.63, 3.8) is 0 Å². The van der Waals surface area contributed by atoms with Crippen LogP contribution in [0.5, 0.6) is 11.5 Å². The summed E-state index contributed by atoms with van der Waals surface area (Å²) in [6.07, 6.45) is 0.361. The van der Waals surface area contributed by atoms with Crippen LogP contribution < -0.4 is 11.5 Å². The van der Waals surface area contributed by atoms with E-state index in [4.69, 9.17) is 11.5 Å². The van der Waals surface area contributed by atoms with E-state index in [1.54, 1.807) is 24.3 Å². The molecule has 6 N–H and O–H groups in total. The normalized spacial score (nSPS) is 12.4. The smallest absolute Gasteiger partial charge is 0.122 e. The summed E-state index contributed by atoms with van der Waals surface area (Å²) in [5.41, 5.74) is 15.8. The molecule has 4 heteroatoms. The topological polar surface area (TPSA) is 92.5 Å². The number of nitrogens with two attached hydrogens (primary N) is 2. The zero-order valence-electron chi connectivity index (χ0n) is 16.1. The lowest BCUT2D eigenvalue weighted by Crippen LogP contribution is -2.14. The lowest BCUT2D eigenvalue weighted by atomic mass is 9.82. The lowest BCUT2D eigenvalue weighted by Gasteiger charge is -2.24. The van der Waals surface area contributed by atoms with Crippen LogP contribution in [0.15, 0.2) is 24.3 Å². The summed E-state index contributed by atoms with van der Waals surface area (Å²) in [5.74, 6) is 0.446. The van der Waals surface area contributed by atoms with E-state index in [1.165, 1.54) is 0 Å². The first-order chi connectivity index (χ1) is 11.3. The van der Waals surface area contributed by atoms with E-state index < -0.39 is 0 Å². The summed E-state index contributed by atoms with van der Waals surface area (Å²) >= 11 is 0. The van der Waals surface area contributed by atoms with Crippen molar-refractivity contribution < 1.29 is 10.2 Å². The van der Waals surface area contributed by atoms with Crippen LogP contribution in [0.2, 0.25) is 0 Å². The molecule has 0 atom stereocenters. The molecule has 2 aromatic carbocycles. The third-order valence-electron chi connectivity index (χ3n) is 4.42. The molecule has 0 spiro atoms. The Morgan fingerprint density at radius 2 is 1.00 bits per heavy atom. The molecule has 0 aromatic heterocycles. The number of nitrogen functional groups attached to an aromatic ring is 2. The van der Waals surface area contributed by atoms with Gasteiger partial charge in [0.05, 0.1) is 0 Å². The Morgan fingerprint density at radius 1 is 0.680 bits per heavy atom. The van der Waals surface area contributed by atoms with Crippen LogP contribution in [0.3, 0.4) is 0 Å². The summed E-state index contributed by atoms with van der Waals surface area (Å²) in [6.45, 7) is 12.2. The van der Waals surface area contributed by atoms with Crippen molar-refractivity contribution in [1.82, 2.24) is 0 Å². The Labute approximate surface area is 150 Å². The molecule has 2 rings (SSSR count). The molecule has 0 unspecified atom stereocenters. The van der Waals surface area contributed by atoms with Gasteiger partial charge in [0.25, 0.3) is 0 Å². The van der Waals surface area contributed by atoms with Gasteiger partial charge in [-0.1, -0.05) is 41.5 Å². The Bertz CT molecular complexity index is 730. The SMILES string of the molecule is CC(C)(C)c1cc(N)cc(Cc2cc(N)cc(C(C)(C)C)c2O)c1O. The summed E-state index contributed by atoms with van der Waals surface area (Å²) in [4.78, 5) is 0. The molecular formula is C21H30N2O2. The highest BCUT2D eigenvalue weighted by atomic mass is 16.3. The number of benzene rings is 2. The van der Waals surface area contributed by atoms with E-state index in [0.29, 0.717) is 28.9 Å². The fourth-order valence-corrected chi connectivity index (χ4v) is 3.06. The highest BCUT2D eigenvalue weighted by Crippen LogP contribution is 2.40. The standard InChI is InChI=1S/C21H30N2O2/c1-20(2,3)16-10-14(22)8-12(18(16)24)7-13-9-15(23)11-17(19(13)25)21(4,5)6/h8-11,24-25H,7,22-23H2,1-6H3. The van der Waals surface area contributed by atoms with E-state index in [1.807, 2.05) is 41.5 Å². The maximum absolute atomic E-state index is 10.7. The summed E-state index contributed by atoms with van der Waals surface area (Å²) in [6, 6.07) is 7.12. The van der Waals surface area contributed by atoms with Crippen LogP contribution in [-0.2, 0) is 17.3 Å². The maximum Gasteiger partial charge on any atom is 0.122 e. The number of anilines is 2. The van der Waals surface area contributed by atoms with Crippen molar-refractivity contribution in [1.29, 1.82) is 0 Å². The molecule has 0 radical (unpaired) electrons. The Balaban J connectivity index is 2.58. The summed E-state index contributed by atoms with van der Waals surface area (Å²) < 4.78 is 0. The van der Waals surface area contributed by atoms with Crippen LogP contribution in [0.1, 0.15) is 63.8 Å². The first-order valence-electron chi connectivity index (χ1n) is 8.54. The highest BCUT2D eigenvalue weighted by molar-refractivity contribution is 5.60. The Kier molecular flexibility index (Phi) is 4.69. The zero-order valence-corrected chi connectivity index (χ0v) is 16.1. The molecule has 0 bridgehead atoms. The minimum atomic E-state index is -0.234. The van der Waals surface area contributed by atoms with Crippen LogP contribution >= 0.6 is 0 Å². The van der Waals surface area contributed by atoms with Gasteiger partial charge in [0.15, 0.2) is 0 Å². The molecule has 0 saturated heterocycles. The van der Waals surface area contributed by atoms with Crippen LogP contribution in [0, 0.1) is 0 Å². The van der Waals surface area contributed by atoms with Crippen LogP contribution in [-0.4, -0.2) is 10.2 Å². The van der Waals surface area contributed by atoms with Gasteiger partial charge in [-0.3, -0.25) is 0 Å². The highest BCUT2D eigenvalue weighted by Gasteiger charge is 2.24. The van der Waals surface area contributed by atoms with Crippen molar-refractivity contribution >= 4 is 11.4 Å². The van der Waals surface area contributed by atoms with Crippen molar-refractivity contribution in [3.8, 4) is 11.5 Å². The first kappa shape index (κ1) is 19.0. The molecule has 0 aliphatic rings. The summed E-state index contributed by atoms with van der Waals surface area (Å²) in [7, 11) is 0. The number of rotatable bonds is 2. The molecule has 4 nitrogen and oxygen atoms in total. The molecule has 136 valence electrons. The lowest BCUT2D eigenvalue weighted by molar-refractivity contribution is 0.436. The average Bonchev–Trinajstić information content (AvgIpc) is 2.43. The van der Waals surface area contributed by atoms with Gasteiger partial charge in [0.2, 0.25) is 0 Å². The second-order valence-corrected chi connectivity index (χ2v) is 8.83. The van der Waals surface area contributed by atoms with Gasteiger partial charge in [0.1, 0.15) is 11.5 Å². The largest absolute Gasteiger partial charge is 0.507 e. The first-order valence-corrected chi connectivity index (χ1v) is 8.54. The minimum Gasteiger partial charge on any atom is -0.507 e. The molecule has 0 aliphatic heterocycles.